The van der Waals surface area contributed by atoms with Gasteiger partial charge in [-0.1, -0.05) is 6.92 Å². The minimum absolute atomic E-state index is 0.119. The van der Waals surface area contributed by atoms with Crippen molar-refractivity contribution < 1.29 is 4.79 Å². The minimum Gasteiger partial charge on any atom is -0.383 e. The molecule has 5 heteroatoms. The van der Waals surface area contributed by atoms with Gasteiger partial charge in [-0.25, -0.2) is 0 Å². The molecule has 2 rings (SSSR count). The Labute approximate surface area is 127 Å². The molecule has 2 heterocycles. The van der Waals surface area contributed by atoms with Crippen molar-refractivity contribution >= 4 is 11.6 Å². The van der Waals surface area contributed by atoms with E-state index in [-0.39, 0.29) is 5.91 Å². The Bertz CT molecular complexity index is 467. The van der Waals surface area contributed by atoms with Crippen molar-refractivity contribution in [2.24, 2.45) is 0 Å². The van der Waals surface area contributed by atoms with E-state index >= 15 is 0 Å². The number of amides is 1. The number of anilines is 1. The van der Waals surface area contributed by atoms with Crippen LogP contribution in [0.3, 0.4) is 0 Å². The summed E-state index contributed by atoms with van der Waals surface area (Å²) in [7, 11) is 4.22. The van der Waals surface area contributed by atoms with Crippen LogP contribution in [-0.4, -0.2) is 60.5 Å². The molecular formula is C16H26N4O. The molecule has 1 amide bonds. The highest BCUT2D eigenvalue weighted by Gasteiger charge is 2.25. The lowest BCUT2D eigenvalue weighted by Gasteiger charge is -2.35. The summed E-state index contributed by atoms with van der Waals surface area (Å²) < 4.78 is 0. The third-order valence-corrected chi connectivity index (χ3v) is 4.10. The minimum atomic E-state index is 0.119. The van der Waals surface area contributed by atoms with E-state index in [2.05, 4.69) is 36.2 Å². The van der Waals surface area contributed by atoms with Crippen LogP contribution in [0, 0.1) is 0 Å². The number of rotatable bonds is 5. The van der Waals surface area contributed by atoms with Gasteiger partial charge in [0.1, 0.15) is 0 Å². The van der Waals surface area contributed by atoms with Crippen LogP contribution in [0.25, 0.3) is 0 Å². The quantitative estimate of drug-likeness (QED) is 0.902. The lowest BCUT2D eigenvalue weighted by molar-refractivity contribution is 0.0664. The number of carbonyl (C=O) groups excluding carboxylic acids is 1. The van der Waals surface area contributed by atoms with E-state index in [1.807, 2.05) is 11.0 Å². The summed E-state index contributed by atoms with van der Waals surface area (Å²) >= 11 is 0. The van der Waals surface area contributed by atoms with Crippen molar-refractivity contribution in [2.75, 3.05) is 39.0 Å². The van der Waals surface area contributed by atoms with Crippen LogP contribution >= 0.6 is 0 Å². The smallest absolute Gasteiger partial charge is 0.256 e. The van der Waals surface area contributed by atoms with Gasteiger partial charge >= 0.3 is 0 Å². The van der Waals surface area contributed by atoms with E-state index in [0.29, 0.717) is 6.04 Å². The van der Waals surface area contributed by atoms with Gasteiger partial charge in [0.15, 0.2) is 0 Å². The monoisotopic (exact) mass is 290 g/mol. The summed E-state index contributed by atoms with van der Waals surface area (Å²) in [6, 6.07) is 2.41. The van der Waals surface area contributed by atoms with Crippen molar-refractivity contribution in [3.63, 3.8) is 0 Å². The molecular weight excluding hydrogens is 264 g/mol. The summed E-state index contributed by atoms with van der Waals surface area (Å²) in [6.45, 7) is 4.63. The number of nitrogens with zero attached hydrogens (tertiary/aromatic N) is 3. The average molecular weight is 290 g/mol. The summed E-state index contributed by atoms with van der Waals surface area (Å²) in [5.74, 6) is 0.119. The number of hydrogen-bond acceptors (Lipinski definition) is 4. The van der Waals surface area contributed by atoms with Gasteiger partial charge in [0, 0.05) is 31.9 Å². The van der Waals surface area contributed by atoms with E-state index < -0.39 is 0 Å². The second-order valence-electron chi connectivity index (χ2n) is 5.84. The zero-order valence-corrected chi connectivity index (χ0v) is 13.3. The van der Waals surface area contributed by atoms with Crippen LogP contribution in [0.1, 0.15) is 36.5 Å². The number of likely N-dealkylation sites (tertiary alicyclic amines) is 1. The molecule has 116 valence electrons. The van der Waals surface area contributed by atoms with Gasteiger partial charge in [-0.15, -0.1) is 0 Å². The fourth-order valence-electron chi connectivity index (χ4n) is 2.74. The van der Waals surface area contributed by atoms with Crippen LogP contribution in [0.4, 0.5) is 5.69 Å². The highest BCUT2D eigenvalue weighted by atomic mass is 16.2. The van der Waals surface area contributed by atoms with Gasteiger partial charge in [-0.2, -0.15) is 0 Å². The molecule has 1 N–H and O–H groups in total. The van der Waals surface area contributed by atoms with E-state index in [1.54, 1.807) is 12.4 Å². The predicted molar refractivity (Wildman–Crippen MR) is 85.6 cm³/mol. The Kier molecular flexibility index (Phi) is 5.56. The molecule has 5 nitrogen and oxygen atoms in total. The molecule has 0 atom stereocenters. The van der Waals surface area contributed by atoms with Crippen LogP contribution in [0.2, 0.25) is 0 Å². The Morgan fingerprint density at radius 3 is 2.76 bits per heavy atom. The Morgan fingerprint density at radius 2 is 2.14 bits per heavy atom. The first-order chi connectivity index (χ1) is 10.1. The molecule has 0 unspecified atom stereocenters. The maximum atomic E-state index is 12.7. The third kappa shape index (κ3) is 3.94. The Balaban J connectivity index is 2.04. The van der Waals surface area contributed by atoms with Gasteiger partial charge in [0.05, 0.1) is 17.4 Å². The second kappa shape index (κ2) is 7.41. The summed E-state index contributed by atoms with van der Waals surface area (Å²) in [5, 5.41) is 3.29. The normalized spacial score (nSPS) is 16.3. The van der Waals surface area contributed by atoms with Gasteiger partial charge < -0.3 is 15.1 Å². The van der Waals surface area contributed by atoms with Crippen molar-refractivity contribution in [3.8, 4) is 0 Å². The van der Waals surface area contributed by atoms with Crippen molar-refractivity contribution in [1.82, 2.24) is 14.8 Å². The first-order valence-electron chi connectivity index (χ1n) is 7.77. The maximum absolute atomic E-state index is 12.7. The SMILES string of the molecule is CCCNc1cnccc1C(=O)N1CCC(N(C)C)CC1. The van der Waals surface area contributed by atoms with Crippen LogP contribution in [0.15, 0.2) is 18.5 Å². The lowest BCUT2D eigenvalue weighted by Crippen LogP contribution is -2.44. The molecule has 0 radical (unpaired) electrons. The molecule has 1 aliphatic rings. The molecule has 1 aromatic heterocycles. The lowest BCUT2D eigenvalue weighted by atomic mass is 10.0. The van der Waals surface area contributed by atoms with Crippen LogP contribution in [0.5, 0.6) is 0 Å². The zero-order valence-electron chi connectivity index (χ0n) is 13.3. The van der Waals surface area contributed by atoms with Crippen molar-refractivity contribution in [2.45, 2.75) is 32.2 Å². The molecule has 1 aliphatic heterocycles. The highest BCUT2D eigenvalue weighted by molar-refractivity contribution is 5.99. The fourth-order valence-corrected chi connectivity index (χ4v) is 2.74. The summed E-state index contributed by atoms with van der Waals surface area (Å²) in [4.78, 5) is 21.0. The molecule has 1 saturated heterocycles. The highest BCUT2D eigenvalue weighted by Crippen LogP contribution is 2.20. The summed E-state index contributed by atoms with van der Waals surface area (Å²) in [6.07, 6.45) is 6.55. The molecule has 1 fully saturated rings. The van der Waals surface area contributed by atoms with Crippen LogP contribution < -0.4 is 5.32 Å². The molecule has 0 bridgehead atoms. The first kappa shape index (κ1) is 15.8. The number of pyridine rings is 1. The Morgan fingerprint density at radius 1 is 1.43 bits per heavy atom. The molecule has 0 saturated carbocycles. The number of nitrogens with one attached hydrogen (secondary N) is 1. The maximum Gasteiger partial charge on any atom is 0.256 e. The summed E-state index contributed by atoms with van der Waals surface area (Å²) in [5.41, 5.74) is 1.58. The predicted octanol–water partition coefficient (Wildman–Crippen LogP) is 2.07. The van der Waals surface area contributed by atoms with Gasteiger partial charge in [-0.3, -0.25) is 9.78 Å². The van der Waals surface area contributed by atoms with E-state index in [0.717, 1.165) is 50.1 Å². The molecule has 0 spiro atoms. The second-order valence-corrected chi connectivity index (χ2v) is 5.84. The number of piperidine rings is 1. The van der Waals surface area contributed by atoms with Gasteiger partial charge in [-0.05, 0) is 39.4 Å². The van der Waals surface area contributed by atoms with Gasteiger partial charge in [0.25, 0.3) is 5.91 Å². The Hall–Kier alpha value is -1.62. The zero-order chi connectivity index (χ0) is 15.2. The third-order valence-electron chi connectivity index (χ3n) is 4.10. The van der Waals surface area contributed by atoms with E-state index in [1.165, 1.54) is 0 Å². The molecule has 21 heavy (non-hydrogen) atoms. The largest absolute Gasteiger partial charge is 0.383 e. The fraction of sp³-hybridized carbons (Fsp3) is 0.625. The topological polar surface area (TPSA) is 48.5 Å². The number of aromatic nitrogens is 1. The van der Waals surface area contributed by atoms with E-state index in [4.69, 9.17) is 0 Å². The first-order valence-corrected chi connectivity index (χ1v) is 7.77. The van der Waals surface area contributed by atoms with Crippen molar-refractivity contribution in [1.29, 1.82) is 0 Å². The average Bonchev–Trinajstić information content (AvgIpc) is 2.52. The number of hydrogen-bond donors (Lipinski definition) is 1. The standard InChI is InChI=1S/C16H26N4O/c1-4-8-18-15-12-17-9-5-14(15)16(21)20-10-6-13(7-11-20)19(2)3/h5,9,12-13,18H,4,6-8,10-11H2,1-3H3. The molecule has 0 aliphatic carbocycles. The van der Waals surface area contributed by atoms with Gasteiger partial charge in [0.2, 0.25) is 0 Å². The van der Waals surface area contributed by atoms with E-state index in [9.17, 15) is 4.79 Å². The van der Waals surface area contributed by atoms with Crippen molar-refractivity contribution in [3.05, 3.63) is 24.0 Å². The van der Waals surface area contributed by atoms with Crippen LogP contribution in [-0.2, 0) is 0 Å². The molecule has 1 aromatic rings. The number of carbonyl (C=O) groups is 1. The molecule has 0 aromatic carbocycles.